The van der Waals surface area contributed by atoms with Crippen LogP contribution in [0.4, 0.5) is 13.2 Å². The molecule has 0 aliphatic carbocycles. The Hall–Kier alpha value is -3.27. The van der Waals surface area contributed by atoms with E-state index in [1.54, 1.807) is 66.7 Å². The summed E-state index contributed by atoms with van der Waals surface area (Å²) < 4.78 is 44.0. The molecule has 4 aromatic carbocycles. The van der Waals surface area contributed by atoms with Gasteiger partial charge in [0.25, 0.3) is 0 Å². The largest absolute Gasteiger partial charge is 0.206 e. The highest BCUT2D eigenvalue weighted by Crippen LogP contribution is 2.33. The molecular formula is C24H14BF3. The Bertz CT molecular complexity index is 1140. The van der Waals surface area contributed by atoms with Gasteiger partial charge in [0.2, 0.25) is 0 Å². The fourth-order valence-corrected chi connectivity index (χ4v) is 3.19. The quantitative estimate of drug-likeness (QED) is 0.394. The van der Waals surface area contributed by atoms with Crippen LogP contribution in [0.1, 0.15) is 0 Å². The maximum atomic E-state index is 14.7. The number of hydrogen-bond donors (Lipinski definition) is 0. The average molecular weight is 370 g/mol. The van der Waals surface area contributed by atoms with Crippen molar-refractivity contribution in [2.75, 3.05) is 0 Å². The third kappa shape index (κ3) is 3.34. The van der Waals surface area contributed by atoms with Gasteiger partial charge >= 0.3 is 0 Å². The van der Waals surface area contributed by atoms with E-state index in [0.29, 0.717) is 22.2 Å². The first-order valence-electron chi connectivity index (χ1n) is 8.74. The van der Waals surface area contributed by atoms with E-state index in [-0.39, 0.29) is 16.7 Å². The second-order valence-electron chi connectivity index (χ2n) is 6.47. The van der Waals surface area contributed by atoms with Crippen molar-refractivity contribution < 1.29 is 13.2 Å². The highest BCUT2D eigenvalue weighted by molar-refractivity contribution is 6.32. The number of benzene rings is 4. The van der Waals surface area contributed by atoms with Crippen LogP contribution in [-0.4, -0.2) is 7.85 Å². The molecule has 134 valence electrons. The molecular weight excluding hydrogens is 356 g/mol. The van der Waals surface area contributed by atoms with Gasteiger partial charge < -0.3 is 0 Å². The molecule has 4 aromatic rings. The molecule has 0 N–H and O–H groups in total. The van der Waals surface area contributed by atoms with Crippen LogP contribution in [0.25, 0.3) is 33.4 Å². The normalized spacial score (nSPS) is 10.8. The van der Waals surface area contributed by atoms with Crippen molar-refractivity contribution in [3.63, 3.8) is 0 Å². The van der Waals surface area contributed by atoms with Gasteiger partial charge in [-0.2, -0.15) is 0 Å². The van der Waals surface area contributed by atoms with Crippen LogP contribution in [0, 0.1) is 17.5 Å². The summed E-state index contributed by atoms with van der Waals surface area (Å²) in [6, 6.07) is 22.8. The molecule has 4 heteroatoms. The molecule has 0 unspecified atom stereocenters. The maximum Gasteiger partial charge on any atom is 0.167 e. The van der Waals surface area contributed by atoms with Crippen molar-refractivity contribution in [3.8, 4) is 33.4 Å². The van der Waals surface area contributed by atoms with Gasteiger partial charge in [0.05, 0.1) is 0 Å². The van der Waals surface area contributed by atoms with Crippen LogP contribution >= 0.6 is 0 Å². The van der Waals surface area contributed by atoms with Gasteiger partial charge in [0, 0.05) is 16.7 Å². The fraction of sp³-hybridized carbons (Fsp3) is 0. The second-order valence-corrected chi connectivity index (χ2v) is 6.47. The topological polar surface area (TPSA) is 0 Å². The van der Waals surface area contributed by atoms with Crippen LogP contribution in [0.2, 0.25) is 0 Å². The first-order valence-corrected chi connectivity index (χ1v) is 8.74. The summed E-state index contributed by atoms with van der Waals surface area (Å²) in [5.41, 5.74) is 2.63. The monoisotopic (exact) mass is 370 g/mol. The minimum atomic E-state index is -0.999. The fourth-order valence-electron chi connectivity index (χ4n) is 3.19. The third-order valence-corrected chi connectivity index (χ3v) is 4.67. The molecule has 0 saturated heterocycles. The van der Waals surface area contributed by atoms with Gasteiger partial charge in [-0.05, 0) is 22.8 Å². The van der Waals surface area contributed by atoms with Crippen LogP contribution in [0.5, 0.6) is 0 Å². The van der Waals surface area contributed by atoms with Crippen molar-refractivity contribution in [2.45, 2.75) is 0 Å². The van der Waals surface area contributed by atoms with Gasteiger partial charge in [-0.1, -0.05) is 84.3 Å². The molecule has 0 nitrogen and oxygen atoms in total. The lowest BCUT2D eigenvalue weighted by atomic mass is 9.92. The Labute approximate surface area is 162 Å². The minimum Gasteiger partial charge on any atom is -0.206 e. The van der Waals surface area contributed by atoms with E-state index < -0.39 is 17.5 Å². The molecule has 2 radical (unpaired) electrons. The minimum absolute atomic E-state index is 0.0138. The summed E-state index contributed by atoms with van der Waals surface area (Å²) in [5.74, 6) is -2.47. The van der Waals surface area contributed by atoms with Crippen molar-refractivity contribution >= 4 is 13.3 Å². The standard InChI is InChI=1S/C24H14BF3/c25-18-9-6-16(7-10-18)19-11-8-17(14-22(19)26)21-13-12-20(23(27)24(21)28)15-4-2-1-3-5-15/h1-14H. The van der Waals surface area contributed by atoms with Gasteiger partial charge in [0.1, 0.15) is 13.7 Å². The zero-order chi connectivity index (χ0) is 19.7. The molecule has 0 amide bonds. The smallest absolute Gasteiger partial charge is 0.167 e. The van der Waals surface area contributed by atoms with E-state index >= 15 is 0 Å². The van der Waals surface area contributed by atoms with E-state index in [2.05, 4.69) is 0 Å². The Morgan fingerprint density at radius 1 is 0.500 bits per heavy atom. The molecule has 0 atom stereocenters. The SMILES string of the molecule is [B]c1ccc(-c2ccc(-c3ccc(-c4ccccc4)c(F)c3F)cc2F)cc1. The summed E-state index contributed by atoms with van der Waals surface area (Å²) in [7, 11) is 5.66. The molecule has 4 rings (SSSR count). The zero-order valence-corrected chi connectivity index (χ0v) is 14.8. The van der Waals surface area contributed by atoms with Crippen LogP contribution in [0.15, 0.2) is 84.9 Å². The lowest BCUT2D eigenvalue weighted by Gasteiger charge is -2.11. The summed E-state index contributed by atoms with van der Waals surface area (Å²) in [4.78, 5) is 0. The van der Waals surface area contributed by atoms with Crippen molar-refractivity contribution in [1.82, 2.24) is 0 Å². The lowest BCUT2D eigenvalue weighted by molar-refractivity contribution is 0.513. The predicted molar refractivity (Wildman–Crippen MR) is 108 cm³/mol. The van der Waals surface area contributed by atoms with E-state index in [0.717, 1.165) is 0 Å². The molecule has 0 heterocycles. The first kappa shape index (κ1) is 18.1. The number of hydrogen-bond acceptors (Lipinski definition) is 0. The van der Waals surface area contributed by atoms with Gasteiger partial charge in [-0.25, -0.2) is 13.2 Å². The average Bonchev–Trinajstić information content (AvgIpc) is 2.71. The van der Waals surface area contributed by atoms with Gasteiger partial charge in [-0.15, -0.1) is 0 Å². The summed E-state index contributed by atoms with van der Waals surface area (Å²) in [6.45, 7) is 0. The Kier molecular flexibility index (Phi) is 4.78. The summed E-state index contributed by atoms with van der Waals surface area (Å²) >= 11 is 0. The maximum absolute atomic E-state index is 14.7. The second kappa shape index (κ2) is 7.39. The zero-order valence-electron chi connectivity index (χ0n) is 14.8. The summed E-state index contributed by atoms with van der Waals surface area (Å²) in [5, 5.41) is 0. The molecule has 0 fully saturated rings. The molecule has 0 aliphatic heterocycles. The van der Waals surface area contributed by atoms with E-state index in [1.807, 2.05) is 0 Å². The van der Waals surface area contributed by atoms with Gasteiger partial charge in [-0.3, -0.25) is 0 Å². The Morgan fingerprint density at radius 2 is 1.00 bits per heavy atom. The van der Waals surface area contributed by atoms with Crippen molar-refractivity contribution in [3.05, 3.63) is 102 Å². The van der Waals surface area contributed by atoms with Gasteiger partial charge in [0.15, 0.2) is 11.6 Å². The third-order valence-electron chi connectivity index (χ3n) is 4.67. The molecule has 0 spiro atoms. The van der Waals surface area contributed by atoms with Crippen LogP contribution in [-0.2, 0) is 0 Å². The molecule has 28 heavy (non-hydrogen) atoms. The molecule has 0 aliphatic rings. The molecule has 0 saturated carbocycles. The van der Waals surface area contributed by atoms with Crippen LogP contribution in [0.3, 0.4) is 0 Å². The molecule has 0 bridgehead atoms. The highest BCUT2D eigenvalue weighted by Gasteiger charge is 2.17. The van der Waals surface area contributed by atoms with Crippen molar-refractivity contribution in [1.29, 1.82) is 0 Å². The summed E-state index contributed by atoms with van der Waals surface area (Å²) in [6.07, 6.45) is 0. The Balaban J connectivity index is 1.74. The number of rotatable bonds is 3. The lowest BCUT2D eigenvalue weighted by Crippen LogP contribution is -1.99. The molecule has 0 aromatic heterocycles. The van der Waals surface area contributed by atoms with Crippen molar-refractivity contribution in [2.24, 2.45) is 0 Å². The Morgan fingerprint density at radius 3 is 1.61 bits per heavy atom. The number of halogens is 3. The van der Waals surface area contributed by atoms with E-state index in [1.165, 1.54) is 18.2 Å². The van der Waals surface area contributed by atoms with E-state index in [9.17, 15) is 13.2 Å². The van der Waals surface area contributed by atoms with Crippen LogP contribution < -0.4 is 5.46 Å². The highest BCUT2D eigenvalue weighted by atomic mass is 19.2. The van der Waals surface area contributed by atoms with E-state index in [4.69, 9.17) is 7.85 Å². The predicted octanol–water partition coefficient (Wildman–Crippen LogP) is 5.90. The first-order chi connectivity index (χ1) is 13.5.